The number of carbonyl (C=O) groups excluding carboxylic acids is 1. The molecular weight excluding hydrogens is 462 g/mol. The molecule has 3 aromatic carbocycles. The number of non-ortho nitro benzene ring substituents is 1. The van der Waals surface area contributed by atoms with Crippen LogP contribution in [-0.4, -0.2) is 21.1 Å². The second-order valence-corrected chi connectivity index (χ2v) is 9.14. The van der Waals surface area contributed by atoms with Gasteiger partial charge in [-0.1, -0.05) is 45.0 Å². The van der Waals surface area contributed by atoms with Crippen molar-refractivity contribution < 1.29 is 23.6 Å². The number of nitrogens with zero attached hydrogens (tertiary/aromatic N) is 3. The van der Waals surface area contributed by atoms with E-state index in [4.69, 9.17) is 13.9 Å². The minimum atomic E-state index is -0.532. The molecule has 0 saturated carbocycles. The fourth-order valence-corrected chi connectivity index (χ4v) is 3.32. The van der Waals surface area contributed by atoms with Crippen molar-refractivity contribution in [3.63, 3.8) is 0 Å². The molecule has 0 radical (unpaired) electrons. The van der Waals surface area contributed by atoms with Crippen LogP contribution in [0.25, 0.3) is 11.5 Å². The lowest BCUT2D eigenvalue weighted by Gasteiger charge is -2.19. The highest BCUT2D eigenvalue weighted by atomic mass is 16.6. The van der Waals surface area contributed by atoms with Crippen molar-refractivity contribution in [3.8, 4) is 17.2 Å². The standard InChI is InChI=1S/C27H25N3O6/c1-27(2,3)21-10-14-23(15-11-21)34-16-18-4-6-20(7-5-18)26(31)35-17-24-28-29-25(36-24)19-8-12-22(13-9-19)30(32)33/h4-15H,16-17H2,1-3H3. The van der Waals surface area contributed by atoms with E-state index < -0.39 is 10.9 Å². The highest BCUT2D eigenvalue weighted by Crippen LogP contribution is 2.25. The summed E-state index contributed by atoms with van der Waals surface area (Å²) in [6.45, 7) is 6.66. The Balaban J connectivity index is 1.28. The maximum absolute atomic E-state index is 12.4. The van der Waals surface area contributed by atoms with Crippen molar-refractivity contribution in [2.45, 2.75) is 39.4 Å². The van der Waals surface area contributed by atoms with Crippen LogP contribution in [-0.2, 0) is 23.4 Å². The lowest BCUT2D eigenvalue weighted by atomic mass is 9.87. The minimum absolute atomic E-state index is 0.0419. The zero-order valence-corrected chi connectivity index (χ0v) is 20.1. The lowest BCUT2D eigenvalue weighted by molar-refractivity contribution is -0.384. The van der Waals surface area contributed by atoms with Crippen LogP contribution in [0.2, 0.25) is 0 Å². The number of esters is 1. The van der Waals surface area contributed by atoms with Gasteiger partial charge in [0.15, 0.2) is 6.61 Å². The van der Waals surface area contributed by atoms with Crippen molar-refractivity contribution in [3.05, 3.63) is 105 Å². The summed E-state index contributed by atoms with van der Waals surface area (Å²) in [5, 5.41) is 18.5. The normalized spacial score (nSPS) is 11.2. The van der Waals surface area contributed by atoms with Gasteiger partial charge in [0, 0.05) is 17.7 Å². The molecule has 0 aliphatic rings. The third-order valence-electron chi connectivity index (χ3n) is 5.43. The smallest absolute Gasteiger partial charge is 0.338 e. The number of hydrogen-bond acceptors (Lipinski definition) is 8. The van der Waals surface area contributed by atoms with Gasteiger partial charge in [-0.3, -0.25) is 10.1 Å². The third-order valence-corrected chi connectivity index (χ3v) is 5.43. The maximum atomic E-state index is 12.4. The van der Waals surface area contributed by atoms with Gasteiger partial charge in [0.2, 0.25) is 5.89 Å². The highest BCUT2D eigenvalue weighted by molar-refractivity contribution is 5.89. The van der Waals surface area contributed by atoms with Crippen molar-refractivity contribution in [1.29, 1.82) is 0 Å². The first kappa shape index (κ1) is 24.6. The van der Waals surface area contributed by atoms with Gasteiger partial charge in [0.25, 0.3) is 11.6 Å². The summed E-state index contributed by atoms with van der Waals surface area (Å²) in [6.07, 6.45) is 0. The van der Waals surface area contributed by atoms with Gasteiger partial charge in [0.1, 0.15) is 12.4 Å². The topological polar surface area (TPSA) is 118 Å². The summed E-state index contributed by atoms with van der Waals surface area (Å²) in [4.78, 5) is 22.7. The maximum Gasteiger partial charge on any atom is 0.338 e. The van der Waals surface area contributed by atoms with Crippen LogP contribution >= 0.6 is 0 Å². The number of benzene rings is 3. The molecule has 36 heavy (non-hydrogen) atoms. The SMILES string of the molecule is CC(C)(C)c1ccc(OCc2ccc(C(=O)OCc3nnc(-c4ccc([N+](=O)[O-])cc4)o3)cc2)cc1. The van der Waals surface area contributed by atoms with Gasteiger partial charge in [-0.05, 0) is 52.9 Å². The summed E-state index contributed by atoms with van der Waals surface area (Å²) in [5.41, 5.74) is 3.09. The number of nitro benzene ring substituents is 1. The van der Waals surface area contributed by atoms with Crippen molar-refractivity contribution >= 4 is 11.7 Å². The molecule has 0 amide bonds. The Labute approximate surface area is 207 Å². The van der Waals surface area contributed by atoms with Crippen LogP contribution in [0.4, 0.5) is 5.69 Å². The number of nitro groups is 1. The Morgan fingerprint density at radius 1 is 0.917 bits per heavy atom. The van der Waals surface area contributed by atoms with Crippen LogP contribution < -0.4 is 4.74 Å². The van der Waals surface area contributed by atoms with Crippen molar-refractivity contribution in [1.82, 2.24) is 10.2 Å². The van der Waals surface area contributed by atoms with E-state index in [1.807, 2.05) is 12.1 Å². The fraction of sp³-hybridized carbons (Fsp3) is 0.222. The predicted molar refractivity (Wildman–Crippen MR) is 131 cm³/mol. The van der Waals surface area contributed by atoms with E-state index in [0.717, 1.165) is 11.3 Å². The van der Waals surface area contributed by atoms with Crippen LogP contribution in [0.3, 0.4) is 0 Å². The Hall–Kier alpha value is -4.53. The Kier molecular flexibility index (Phi) is 7.10. The van der Waals surface area contributed by atoms with Crippen LogP contribution in [0, 0.1) is 10.1 Å². The number of ether oxygens (including phenoxy) is 2. The molecule has 0 atom stereocenters. The monoisotopic (exact) mass is 487 g/mol. The molecule has 9 nitrogen and oxygen atoms in total. The highest BCUT2D eigenvalue weighted by Gasteiger charge is 2.15. The minimum Gasteiger partial charge on any atom is -0.489 e. The van der Waals surface area contributed by atoms with Crippen molar-refractivity contribution in [2.24, 2.45) is 0 Å². The number of aromatic nitrogens is 2. The van der Waals surface area contributed by atoms with E-state index in [0.29, 0.717) is 17.7 Å². The molecular formula is C27H25N3O6. The molecule has 4 aromatic rings. The molecule has 0 bridgehead atoms. The average molecular weight is 488 g/mol. The van der Waals surface area contributed by atoms with Gasteiger partial charge >= 0.3 is 5.97 Å². The molecule has 0 aliphatic heterocycles. The predicted octanol–water partition coefficient (Wildman–Crippen LogP) is 5.88. The Morgan fingerprint density at radius 2 is 1.58 bits per heavy atom. The average Bonchev–Trinajstić information content (AvgIpc) is 3.35. The summed E-state index contributed by atoms with van der Waals surface area (Å²) in [6, 6.07) is 20.7. The lowest BCUT2D eigenvalue weighted by Crippen LogP contribution is -2.10. The summed E-state index contributed by atoms with van der Waals surface area (Å²) < 4.78 is 16.6. The summed E-state index contributed by atoms with van der Waals surface area (Å²) in [7, 11) is 0. The zero-order chi connectivity index (χ0) is 25.7. The van der Waals surface area contributed by atoms with Gasteiger partial charge in [-0.15, -0.1) is 10.2 Å². The molecule has 9 heteroatoms. The molecule has 0 spiro atoms. The molecule has 0 fully saturated rings. The van der Waals surface area contributed by atoms with Gasteiger partial charge in [-0.2, -0.15) is 0 Å². The van der Waals surface area contributed by atoms with E-state index in [-0.39, 0.29) is 29.5 Å². The van der Waals surface area contributed by atoms with Crippen LogP contribution in [0.5, 0.6) is 5.75 Å². The molecule has 0 saturated heterocycles. The van der Waals surface area contributed by atoms with Crippen LogP contribution in [0.15, 0.2) is 77.2 Å². The van der Waals surface area contributed by atoms with Gasteiger partial charge in [-0.25, -0.2) is 4.79 Å². The van der Waals surface area contributed by atoms with Gasteiger partial charge < -0.3 is 13.9 Å². The Bertz CT molecular complexity index is 1340. The second-order valence-electron chi connectivity index (χ2n) is 9.14. The van der Waals surface area contributed by atoms with E-state index >= 15 is 0 Å². The fourth-order valence-electron chi connectivity index (χ4n) is 3.32. The van der Waals surface area contributed by atoms with E-state index in [1.165, 1.54) is 29.8 Å². The Morgan fingerprint density at radius 3 is 2.19 bits per heavy atom. The third kappa shape index (κ3) is 6.12. The molecule has 0 unspecified atom stereocenters. The zero-order valence-electron chi connectivity index (χ0n) is 20.1. The largest absolute Gasteiger partial charge is 0.489 e. The van der Waals surface area contributed by atoms with Gasteiger partial charge in [0.05, 0.1) is 10.5 Å². The molecule has 4 rings (SSSR count). The molecule has 1 aromatic heterocycles. The summed E-state index contributed by atoms with van der Waals surface area (Å²) in [5.74, 6) is 0.530. The molecule has 184 valence electrons. The molecule has 1 heterocycles. The van der Waals surface area contributed by atoms with E-state index in [2.05, 4.69) is 43.1 Å². The molecule has 0 N–H and O–H groups in total. The number of hydrogen-bond donors (Lipinski definition) is 0. The van der Waals surface area contributed by atoms with Crippen molar-refractivity contribution in [2.75, 3.05) is 0 Å². The van der Waals surface area contributed by atoms with Crippen LogP contribution in [0.1, 0.15) is 48.1 Å². The summed E-state index contributed by atoms with van der Waals surface area (Å²) >= 11 is 0. The second kappa shape index (κ2) is 10.4. The number of carbonyl (C=O) groups is 1. The molecule has 0 aliphatic carbocycles. The number of rotatable bonds is 8. The quantitative estimate of drug-likeness (QED) is 0.172. The first-order valence-electron chi connectivity index (χ1n) is 11.3. The van der Waals surface area contributed by atoms with E-state index in [1.54, 1.807) is 24.3 Å². The van der Waals surface area contributed by atoms with E-state index in [9.17, 15) is 14.9 Å². The first-order chi connectivity index (χ1) is 17.2. The first-order valence-corrected chi connectivity index (χ1v) is 11.3.